The highest BCUT2D eigenvalue weighted by Gasteiger charge is 2.30. The number of pyridine rings is 2. The van der Waals surface area contributed by atoms with Crippen molar-refractivity contribution in [2.45, 2.75) is 111 Å². The van der Waals surface area contributed by atoms with Gasteiger partial charge in [-0.2, -0.15) is 10.5 Å². The van der Waals surface area contributed by atoms with Gasteiger partial charge in [-0.25, -0.2) is 0 Å². The maximum atomic E-state index is 12.2. The molecule has 2 saturated heterocycles. The van der Waals surface area contributed by atoms with E-state index in [1.54, 1.807) is 36.7 Å². The van der Waals surface area contributed by atoms with Gasteiger partial charge in [0.05, 0.1) is 21.2 Å². The zero-order chi connectivity index (χ0) is 49.1. The number of rotatable bonds is 18. The molecule has 0 bridgehead atoms. The third kappa shape index (κ3) is 12.2. The van der Waals surface area contributed by atoms with E-state index in [1.165, 1.54) is 18.8 Å². The molecule has 2 aliphatic rings. The van der Waals surface area contributed by atoms with Crippen molar-refractivity contribution in [2.75, 3.05) is 13.1 Å². The van der Waals surface area contributed by atoms with Crippen molar-refractivity contribution in [2.24, 2.45) is 0 Å². The third-order valence-corrected chi connectivity index (χ3v) is 14.0. The van der Waals surface area contributed by atoms with E-state index in [2.05, 4.69) is 66.0 Å². The lowest BCUT2D eigenvalue weighted by atomic mass is 9.92. The van der Waals surface area contributed by atoms with E-state index in [-0.39, 0.29) is 26.4 Å². The summed E-state index contributed by atoms with van der Waals surface area (Å²) in [4.78, 5) is 25.0. The van der Waals surface area contributed by atoms with E-state index in [0.29, 0.717) is 81.8 Å². The number of carboxylic acids is 1. The van der Waals surface area contributed by atoms with Crippen LogP contribution >= 0.6 is 23.2 Å². The monoisotopic (exact) mass is 978 g/mol. The second-order valence-corrected chi connectivity index (χ2v) is 19.0. The number of nitrogens with zero attached hydrogens (tertiary/aromatic N) is 6. The van der Waals surface area contributed by atoms with E-state index in [0.717, 1.165) is 82.3 Å². The van der Waals surface area contributed by atoms with Gasteiger partial charge in [0.15, 0.2) is 0 Å². The number of carbonyl (C=O) groups is 1. The number of nitriles is 2. The Balaban J connectivity index is 1.000. The molecule has 2 aromatic heterocycles. The van der Waals surface area contributed by atoms with Crippen molar-refractivity contribution >= 4 is 29.2 Å². The molecule has 8 rings (SSSR count). The molecule has 2 atom stereocenters. The summed E-state index contributed by atoms with van der Waals surface area (Å²) in [6.07, 6.45) is 12.2. The lowest BCUT2D eigenvalue weighted by Crippen LogP contribution is -2.44. The first-order valence-electron chi connectivity index (χ1n) is 23.7. The van der Waals surface area contributed by atoms with Gasteiger partial charge in [-0.05, 0) is 117 Å². The topological polar surface area (TPSA) is 154 Å². The summed E-state index contributed by atoms with van der Waals surface area (Å²) in [7, 11) is 0. The van der Waals surface area contributed by atoms with Gasteiger partial charge in [-0.1, -0.05) is 72.4 Å². The molecule has 12 nitrogen and oxygen atoms in total. The average molecular weight is 980 g/mol. The summed E-state index contributed by atoms with van der Waals surface area (Å²) in [5.74, 6) is 1.26. The summed E-state index contributed by atoms with van der Waals surface area (Å²) in [5, 5.41) is 29.7. The Morgan fingerprint density at radius 2 is 1.10 bits per heavy atom. The van der Waals surface area contributed by atoms with Crippen LogP contribution in [0.4, 0.5) is 0 Å². The first-order valence-corrected chi connectivity index (χ1v) is 24.5. The second-order valence-electron chi connectivity index (χ2n) is 18.1. The van der Waals surface area contributed by atoms with Crippen molar-refractivity contribution in [1.29, 1.82) is 10.5 Å². The number of aromatic nitrogens is 2. The summed E-state index contributed by atoms with van der Waals surface area (Å²) in [5.41, 5.74) is 10.3. The fourth-order valence-corrected chi connectivity index (χ4v) is 9.81. The smallest absolute Gasteiger partial charge is 0.320 e. The minimum atomic E-state index is -0.847. The van der Waals surface area contributed by atoms with Crippen LogP contribution in [0, 0.1) is 36.5 Å². The van der Waals surface area contributed by atoms with Gasteiger partial charge in [-0.15, -0.1) is 0 Å². The number of hydrogen-bond donors (Lipinski definition) is 1. The molecule has 70 heavy (non-hydrogen) atoms. The Morgan fingerprint density at radius 1 is 0.629 bits per heavy atom. The molecular weight excluding hydrogens is 924 g/mol. The Morgan fingerprint density at radius 3 is 1.59 bits per heavy atom. The molecule has 0 unspecified atom stereocenters. The van der Waals surface area contributed by atoms with Crippen molar-refractivity contribution in [3.8, 4) is 46.3 Å². The van der Waals surface area contributed by atoms with Crippen LogP contribution < -0.4 is 18.9 Å². The van der Waals surface area contributed by atoms with E-state index < -0.39 is 12.0 Å². The molecule has 4 aromatic carbocycles. The number of piperidine rings is 2. The van der Waals surface area contributed by atoms with Crippen LogP contribution in [0.1, 0.15) is 101 Å². The van der Waals surface area contributed by atoms with Crippen molar-refractivity contribution < 1.29 is 28.8 Å². The molecule has 0 spiro atoms. The molecule has 14 heteroatoms. The van der Waals surface area contributed by atoms with Gasteiger partial charge in [0, 0.05) is 78.3 Å². The number of carboxylic acid groups (broad SMARTS) is 1. The lowest BCUT2D eigenvalue weighted by molar-refractivity contribution is -0.144. The Labute approximate surface area is 419 Å². The fourth-order valence-electron chi connectivity index (χ4n) is 9.33. The lowest BCUT2D eigenvalue weighted by Gasteiger charge is -2.33. The normalized spacial score (nSPS) is 16.2. The van der Waals surface area contributed by atoms with Gasteiger partial charge < -0.3 is 24.1 Å². The first-order chi connectivity index (χ1) is 34.0. The number of aliphatic carboxylic acids is 1. The van der Waals surface area contributed by atoms with E-state index >= 15 is 0 Å². The summed E-state index contributed by atoms with van der Waals surface area (Å²) >= 11 is 13.9. The first kappa shape index (κ1) is 49.7. The second kappa shape index (κ2) is 23.3. The van der Waals surface area contributed by atoms with Gasteiger partial charge >= 0.3 is 5.97 Å². The third-order valence-electron chi connectivity index (χ3n) is 13.4. The van der Waals surface area contributed by atoms with E-state index in [1.807, 2.05) is 35.2 Å². The fraction of sp³-hybridized carbons (Fsp3) is 0.339. The molecule has 0 saturated carbocycles. The SMILES string of the molecule is Cc1c(COc2cc(OCc3cncc(C#N)c3)c(CN3CCCC[C@H]3C)cc2Cl)cccc1-c1cccc(COc2cc(OCc3cncc(C#N)c3)c(CN3CCCC[C@H]3C(=O)O)cc2Cl)c1C. The van der Waals surface area contributed by atoms with Crippen LogP contribution in [0.3, 0.4) is 0 Å². The minimum absolute atomic E-state index is 0.134. The predicted molar refractivity (Wildman–Crippen MR) is 269 cm³/mol. The average Bonchev–Trinajstić information content (AvgIpc) is 3.37. The zero-order valence-corrected chi connectivity index (χ0v) is 41.2. The Bertz CT molecular complexity index is 2930. The molecule has 0 amide bonds. The standard InChI is InChI=1S/C56H56Cl2N6O6/c1-36-10-4-6-16-63(36)30-45-20-49(57)54(22-52(45)67-32-41-18-39(24-59)26-61-28-41)69-34-43-11-8-13-47(37(43)2)48-14-9-12-44(38(48)3)35-70-55-23-53(68-33-42-19-40(25-60)27-62-29-42)46(21-50(55)58)31-64-17-7-5-15-51(64)56(65)66/h8-9,11-14,18-23,26-29,36,51H,4-7,10,15-17,30-35H2,1-3H3,(H,65,66)/t36-,51+/m1/s1. The maximum Gasteiger partial charge on any atom is 0.320 e. The van der Waals surface area contributed by atoms with Gasteiger partial charge in [-0.3, -0.25) is 24.6 Å². The van der Waals surface area contributed by atoms with Gasteiger partial charge in [0.25, 0.3) is 0 Å². The van der Waals surface area contributed by atoms with Crippen LogP contribution in [0.25, 0.3) is 11.1 Å². The van der Waals surface area contributed by atoms with Crippen molar-refractivity contribution in [3.63, 3.8) is 0 Å². The maximum absolute atomic E-state index is 12.2. The molecular formula is C56H56Cl2N6O6. The summed E-state index contributed by atoms with van der Waals surface area (Å²) < 4.78 is 25.8. The molecule has 0 radical (unpaired) electrons. The predicted octanol–water partition coefficient (Wildman–Crippen LogP) is 11.9. The minimum Gasteiger partial charge on any atom is -0.488 e. The molecule has 2 fully saturated rings. The van der Waals surface area contributed by atoms with Crippen LogP contribution in [0.5, 0.6) is 23.0 Å². The summed E-state index contributed by atoms with van der Waals surface area (Å²) in [6.45, 7) is 9.97. The molecule has 2 aliphatic heterocycles. The van der Waals surface area contributed by atoms with E-state index in [9.17, 15) is 20.4 Å². The molecule has 4 heterocycles. The van der Waals surface area contributed by atoms with Crippen LogP contribution in [-0.2, 0) is 44.3 Å². The Hall–Kier alpha value is -6.67. The van der Waals surface area contributed by atoms with Crippen LogP contribution in [0.2, 0.25) is 10.0 Å². The van der Waals surface area contributed by atoms with E-state index in [4.69, 9.17) is 42.1 Å². The molecule has 360 valence electrons. The number of ether oxygens (including phenoxy) is 4. The van der Waals surface area contributed by atoms with Gasteiger partial charge in [0.2, 0.25) is 0 Å². The van der Waals surface area contributed by atoms with Crippen molar-refractivity contribution in [1.82, 2.24) is 19.8 Å². The zero-order valence-electron chi connectivity index (χ0n) is 39.7. The molecule has 6 aromatic rings. The highest BCUT2D eigenvalue weighted by Crippen LogP contribution is 2.39. The van der Waals surface area contributed by atoms with Gasteiger partial charge in [0.1, 0.15) is 67.6 Å². The largest absolute Gasteiger partial charge is 0.488 e. The number of hydrogen-bond acceptors (Lipinski definition) is 11. The van der Waals surface area contributed by atoms with Crippen molar-refractivity contribution in [3.05, 3.63) is 163 Å². The number of halogens is 2. The highest BCUT2D eigenvalue weighted by molar-refractivity contribution is 6.32. The molecule has 0 aliphatic carbocycles. The van der Waals surface area contributed by atoms with Crippen LogP contribution in [-0.4, -0.2) is 56.0 Å². The quantitative estimate of drug-likeness (QED) is 0.0872. The highest BCUT2D eigenvalue weighted by atomic mass is 35.5. The molecule has 1 N–H and O–H groups in total. The number of likely N-dealkylation sites (tertiary alicyclic amines) is 2. The summed E-state index contributed by atoms with van der Waals surface area (Å²) in [6, 6.07) is 27.4. The Kier molecular flexibility index (Phi) is 16.6. The number of benzene rings is 4. The van der Waals surface area contributed by atoms with Crippen LogP contribution in [0.15, 0.2) is 97.6 Å².